The molecule has 3 heteroatoms. The Morgan fingerprint density at radius 3 is 2.80 bits per heavy atom. The molecule has 3 rings (SSSR count). The van der Waals surface area contributed by atoms with Gasteiger partial charge in [-0.2, -0.15) is 0 Å². The molecule has 0 aromatic heterocycles. The average molecular weight is 271 g/mol. The normalized spacial score (nSPS) is 20.4. The average Bonchev–Trinajstić information content (AvgIpc) is 2.47. The summed E-state index contributed by atoms with van der Waals surface area (Å²) in [6.07, 6.45) is 5.71. The van der Waals surface area contributed by atoms with Crippen LogP contribution in [-0.4, -0.2) is 43.3 Å². The second-order valence-corrected chi connectivity index (χ2v) is 5.90. The maximum atomic E-state index is 4.55. The van der Waals surface area contributed by atoms with Crippen LogP contribution in [0.3, 0.4) is 0 Å². The first-order chi connectivity index (χ1) is 9.83. The molecule has 0 aliphatic carbocycles. The van der Waals surface area contributed by atoms with Gasteiger partial charge in [0.2, 0.25) is 0 Å². The number of nitrogens with zero attached hydrogens (tertiary/aromatic N) is 3. The number of para-hydroxylation sites is 1. The lowest BCUT2D eigenvalue weighted by atomic mass is 9.94. The maximum Gasteiger partial charge on any atom is 0.0862 e. The third kappa shape index (κ3) is 2.47. The van der Waals surface area contributed by atoms with E-state index in [1.165, 1.54) is 43.6 Å². The van der Waals surface area contributed by atoms with Gasteiger partial charge in [-0.25, -0.2) is 0 Å². The molecule has 0 bridgehead atoms. The van der Waals surface area contributed by atoms with Crippen molar-refractivity contribution >= 4 is 17.6 Å². The van der Waals surface area contributed by atoms with Gasteiger partial charge in [-0.3, -0.25) is 9.89 Å². The van der Waals surface area contributed by atoms with Crippen molar-refractivity contribution in [2.24, 2.45) is 4.99 Å². The van der Waals surface area contributed by atoms with Crippen LogP contribution in [0.25, 0.3) is 0 Å². The lowest BCUT2D eigenvalue weighted by molar-refractivity contribution is 0.193. The van der Waals surface area contributed by atoms with Crippen molar-refractivity contribution < 1.29 is 0 Å². The minimum atomic E-state index is 0.657. The van der Waals surface area contributed by atoms with Gasteiger partial charge >= 0.3 is 0 Å². The molecule has 0 N–H and O–H groups in total. The van der Waals surface area contributed by atoms with Crippen molar-refractivity contribution in [3.63, 3.8) is 0 Å². The second-order valence-electron chi connectivity index (χ2n) is 5.90. The van der Waals surface area contributed by atoms with E-state index < -0.39 is 0 Å². The summed E-state index contributed by atoms with van der Waals surface area (Å²) in [4.78, 5) is 9.75. The number of hydrogen-bond acceptors (Lipinski definition) is 3. The van der Waals surface area contributed by atoms with Gasteiger partial charge in [-0.15, -0.1) is 0 Å². The lowest BCUT2D eigenvalue weighted by Crippen LogP contribution is -2.50. The smallest absolute Gasteiger partial charge is 0.0862 e. The monoisotopic (exact) mass is 271 g/mol. The summed E-state index contributed by atoms with van der Waals surface area (Å²) in [6, 6.07) is 7.23. The zero-order valence-electron chi connectivity index (χ0n) is 12.7. The van der Waals surface area contributed by atoms with Crippen molar-refractivity contribution in [1.29, 1.82) is 0 Å². The van der Waals surface area contributed by atoms with Crippen molar-refractivity contribution in [3.05, 3.63) is 23.8 Å². The summed E-state index contributed by atoms with van der Waals surface area (Å²) in [5.41, 5.74) is 4.02. The van der Waals surface area contributed by atoms with E-state index in [-0.39, 0.29) is 0 Å². The fourth-order valence-electron chi connectivity index (χ4n) is 3.58. The number of hydrogen-bond donors (Lipinski definition) is 0. The Hall–Kier alpha value is -1.35. The number of aliphatic imine (C=N–C) groups is 1. The van der Waals surface area contributed by atoms with Gasteiger partial charge in [0, 0.05) is 18.8 Å². The highest BCUT2D eigenvalue weighted by molar-refractivity contribution is 5.84. The van der Waals surface area contributed by atoms with Crippen LogP contribution in [0, 0.1) is 0 Å². The van der Waals surface area contributed by atoms with Crippen LogP contribution in [0.4, 0.5) is 11.4 Å². The molecule has 0 saturated heterocycles. The van der Waals surface area contributed by atoms with Gasteiger partial charge in [0.1, 0.15) is 0 Å². The molecule has 1 atom stereocenters. The lowest BCUT2D eigenvalue weighted by Gasteiger charge is -2.42. The fourth-order valence-corrected chi connectivity index (χ4v) is 3.58. The molecule has 0 radical (unpaired) electrons. The maximum absolute atomic E-state index is 4.55. The molecule has 1 aromatic carbocycles. The molecular weight excluding hydrogens is 246 g/mol. The van der Waals surface area contributed by atoms with E-state index in [2.05, 4.69) is 53.1 Å². The zero-order valence-corrected chi connectivity index (χ0v) is 12.7. The predicted octanol–water partition coefficient (Wildman–Crippen LogP) is 3.26. The van der Waals surface area contributed by atoms with E-state index in [0.717, 1.165) is 18.8 Å². The Kier molecular flexibility index (Phi) is 4.06. The topological polar surface area (TPSA) is 18.8 Å². The standard InChI is InChI=1S/C17H25N3/c1-3-9-19(10-4-2)15-12-14-6-5-7-16-17(14)20(13-15)11-8-18-16/h5-8,15H,3-4,9-13H2,1-2H3. The molecule has 0 spiro atoms. The highest BCUT2D eigenvalue weighted by atomic mass is 15.2. The molecule has 1 aromatic rings. The Morgan fingerprint density at radius 1 is 1.25 bits per heavy atom. The van der Waals surface area contributed by atoms with Crippen molar-refractivity contribution in [3.8, 4) is 0 Å². The quantitative estimate of drug-likeness (QED) is 0.818. The van der Waals surface area contributed by atoms with Crippen molar-refractivity contribution in [2.45, 2.75) is 39.2 Å². The molecule has 0 amide bonds. The van der Waals surface area contributed by atoms with Gasteiger partial charge < -0.3 is 4.90 Å². The zero-order chi connectivity index (χ0) is 13.9. The highest BCUT2D eigenvalue weighted by Crippen LogP contribution is 2.38. The number of benzene rings is 1. The van der Waals surface area contributed by atoms with Gasteiger partial charge in [-0.05, 0) is 44.0 Å². The summed E-state index contributed by atoms with van der Waals surface area (Å²) in [6.45, 7) is 9.11. The second kappa shape index (κ2) is 5.96. The van der Waals surface area contributed by atoms with E-state index in [4.69, 9.17) is 0 Å². The molecule has 1 unspecified atom stereocenters. The van der Waals surface area contributed by atoms with Crippen LogP contribution in [0.2, 0.25) is 0 Å². The molecule has 2 aliphatic heterocycles. The SMILES string of the molecule is CCCN(CCC)C1Cc2cccc3c2N(CC=N3)C1. The van der Waals surface area contributed by atoms with Crippen LogP contribution in [0.15, 0.2) is 23.2 Å². The van der Waals surface area contributed by atoms with E-state index >= 15 is 0 Å². The Balaban J connectivity index is 1.86. The third-order valence-corrected chi connectivity index (χ3v) is 4.37. The number of anilines is 1. The summed E-state index contributed by atoms with van der Waals surface area (Å²) in [5, 5.41) is 0. The largest absolute Gasteiger partial charge is 0.363 e. The third-order valence-electron chi connectivity index (χ3n) is 4.37. The summed E-state index contributed by atoms with van der Waals surface area (Å²) in [5.74, 6) is 0. The summed E-state index contributed by atoms with van der Waals surface area (Å²) in [7, 11) is 0. The van der Waals surface area contributed by atoms with Crippen LogP contribution in [0.1, 0.15) is 32.3 Å². The molecule has 2 heterocycles. The molecular formula is C17H25N3. The molecule has 108 valence electrons. The molecule has 0 saturated carbocycles. The molecule has 3 nitrogen and oxygen atoms in total. The molecule has 2 aliphatic rings. The summed E-state index contributed by atoms with van der Waals surface area (Å²) < 4.78 is 0. The van der Waals surface area contributed by atoms with Gasteiger partial charge in [0.15, 0.2) is 0 Å². The van der Waals surface area contributed by atoms with Crippen LogP contribution >= 0.6 is 0 Å². The summed E-state index contributed by atoms with van der Waals surface area (Å²) >= 11 is 0. The Bertz CT molecular complexity index is 489. The van der Waals surface area contributed by atoms with Crippen LogP contribution < -0.4 is 4.90 Å². The first kappa shape index (κ1) is 13.6. The molecule has 20 heavy (non-hydrogen) atoms. The van der Waals surface area contributed by atoms with Gasteiger partial charge in [0.05, 0.1) is 17.9 Å². The van der Waals surface area contributed by atoms with Crippen molar-refractivity contribution in [2.75, 3.05) is 31.1 Å². The van der Waals surface area contributed by atoms with Crippen molar-refractivity contribution in [1.82, 2.24) is 4.90 Å². The fraction of sp³-hybridized carbons (Fsp3) is 0.588. The van der Waals surface area contributed by atoms with E-state index in [0.29, 0.717) is 6.04 Å². The predicted molar refractivity (Wildman–Crippen MR) is 86.5 cm³/mol. The highest BCUT2D eigenvalue weighted by Gasteiger charge is 2.30. The van der Waals surface area contributed by atoms with Crippen LogP contribution in [0.5, 0.6) is 0 Å². The van der Waals surface area contributed by atoms with E-state index in [1.807, 2.05) is 0 Å². The first-order valence-electron chi connectivity index (χ1n) is 7.97. The molecule has 0 fully saturated rings. The number of rotatable bonds is 5. The minimum absolute atomic E-state index is 0.657. The van der Waals surface area contributed by atoms with Gasteiger partial charge in [0.25, 0.3) is 0 Å². The van der Waals surface area contributed by atoms with Gasteiger partial charge in [-0.1, -0.05) is 26.0 Å². The van der Waals surface area contributed by atoms with Crippen LogP contribution in [-0.2, 0) is 6.42 Å². The first-order valence-corrected chi connectivity index (χ1v) is 7.97. The van der Waals surface area contributed by atoms with E-state index in [1.54, 1.807) is 0 Å². The minimum Gasteiger partial charge on any atom is -0.363 e. The van der Waals surface area contributed by atoms with E-state index in [9.17, 15) is 0 Å². The Labute approximate surface area is 122 Å². The Morgan fingerprint density at radius 2 is 2.05 bits per heavy atom.